The molecule has 6 heteroatoms. The summed E-state index contributed by atoms with van der Waals surface area (Å²) in [6, 6.07) is 10.8. The minimum atomic E-state index is -0.621. The average Bonchev–Trinajstić information content (AvgIpc) is 2.46. The molecule has 0 unspecified atom stereocenters. The van der Waals surface area contributed by atoms with Crippen molar-refractivity contribution in [3.8, 4) is 5.75 Å². The van der Waals surface area contributed by atoms with Gasteiger partial charge >= 0.3 is 5.97 Å². The van der Waals surface area contributed by atoms with E-state index in [1.165, 1.54) is 18.2 Å². The van der Waals surface area contributed by atoms with Gasteiger partial charge in [0.1, 0.15) is 18.2 Å². The van der Waals surface area contributed by atoms with E-state index in [4.69, 9.17) is 32.7 Å². The van der Waals surface area contributed by atoms with Gasteiger partial charge < -0.3 is 9.47 Å². The van der Waals surface area contributed by atoms with Crippen LogP contribution in [0.1, 0.15) is 5.56 Å². The maximum Gasteiger partial charge on any atom is 0.344 e. The van der Waals surface area contributed by atoms with E-state index in [-0.39, 0.29) is 23.8 Å². The summed E-state index contributed by atoms with van der Waals surface area (Å²) in [5.41, 5.74) is 0.138. The number of benzene rings is 2. The zero-order valence-electron chi connectivity index (χ0n) is 10.8. The van der Waals surface area contributed by atoms with Gasteiger partial charge in [0.05, 0.1) is 5.02 Å². The second-order valence-electron chi connectivity index (χ2n) is 4.10. The van der Waals surface area contributed by atoms with Crippen LogP contribution in [0.5, 0.6) is 5.75 Å². The Hall–Kier alpha value is -1.78. The van der Waals surface area contributed by atoms with Gasteiger partial charge in [-0.25, -0.2) is 9.18 Å². The van der Waals surface area contributed by atoms with Crippen LogP contribution >= 0.6 is 23.2 Å². The molecule has 0 radical (unpaired) electrons. The Balaban J connectivity index is 1.84. The number of carbonyl (C=O) groups is 1. The summed E-state index contributed by atoms with van der Waals surface area (Å²) < 4.78 is 23.6. The van der Waals surface area contributed by atoms with Gasteiger partial charge in [-0.2, -0.15) is 0 Å². The van der Waals surface area contributed by atoms with Gasteiger partial charge in [0, 0.05) is 10.6 Å². The standard InChI is InChI=1S/C15H11Cl2FO3/c16-10-4-6-11(7-5-10)20-9-15(19)21-8-12-13(17)2-1-3-14(12)18/h1-7H,8-9H2. The molecule has 0 N–H and O–H groups in total. The quantitative estimate of drug-likeness (QED) is 0.769. The number of rotatable bonds is 5. The molecule has 0 aliphatic carbocycles. The lowest BCUT2D eigenvalue weighted by Crippen LogP contribution is -2.15. The molecule has 0 atom stereocenters. The lowest BCUT2D eigenvalue weighted by molar-refractivity contribution is -0.147. The van der Waals surface area contributed by atoms with Crippen LogP contribution < -0.4 is 4.74 Å². The monoisotopic (exact) mass is 328 g/mol. The van der Waals surface area contributed by atoms with Gasteiger partial charge in [0.15, 0.2) is 6.61 Å². The molecule has 21 heavy (non-hydrogen) atoms. The molecule has 0 heterocycles. The summed E-state index contributed by atoms with van der Waals surface area (Å²) in [6.07, 6.45) is 0. The van der Waals surface area contributed by atoms with E-state index in [1.807, 2.05) is 0 Å². The Bertz CT molecular complexity index is 609. The van der Waals surface area contributed by atoms with Crippen molar-refractivity contribution in [1.82, 2.24) is 0 Å². The highest BCUT2D eigenvalue weighted by Gasteiger charge is 2.10. The molecule has 0 aromatic heterocycles. The summed E-state index contributed by atoms with van der Waals surface area (Å²) >= 11 is 11.6. The Labute approximate surface area is 131 Å². The van der Waals surface area contributed by atoms with E-state index >= 15 is 0 Å². The maximum atomic E-state index is 13.5. The molecule has 3 nitrogen and oxygen atoms in total. The lowest BCUT2D eigenvalue weighted by Gasteiger charge is -2.08. The third kappa shape index (κ3) is 4.62. The largest absolute Gasteiger partial charge is 0.482 e. The molecule has 2 aromatic carbocycles. The third-order valence-corrected chi connectivity index (χ3v) is 3.22. The summed E-state index contributed by atoms with van der Waals surface area (Å²) in [5.74, 6) is -0.654. The molecular weight excluding hydrogens is 318 g/mol. The zero-order valence-corrected chi connectivity index (χ0v) is 12.3. The molecule has 0 bridgehead atoms. The zero-order chi connectivity index (χ0) is 15.2. The number of carbonyl (C=O) groups excluding carboxylic acids is 1. The lowest BCUT2D eigenvalue weighted by atomic mass is 10.2. The van der Waals surface area contributed by atoms with Crippen LogP contribution in [0.2, 0.25) is 10.0 Å². The van der Waals surface area contributed by atoms with Gasteiger partial charge in [0.2, 0.25) is 0 Å². The fourth-order valence-corrected chi connectivity index (χ4v) is 1.88. The van der Waals surface area contributed by atoms with Crippen LogP contribution in [0, 0.1) is 5.82 Å². The van der Waals surface area contributed by atoms with Crippen LogP contribution in [-0.4, -0.2) is 12.6 Å². The number of ether oxygens (including phenoxy) is 2. The number of esters is 1. The highest BCUT2D eigenvalue weighted by atomic mass is 35.5. The highest BCUT2D eigenvalue weighted by molar-refractivity contribution is 6.31. The van der Waals surface area contributed by atoms with Crippen molar-refractivity contribution in [2.24, 2.45) is 0 Å². The Morgan fingerprint density at radius 3 is 2.48 bits per heavy atom. The Morgan fingerprint density at radius 1 is 1.10 bits per heavy atom. The van der Waals surface area contributed by atoms with Crippen molar-refractivity contribution in [3.05, 3.63) is 63.9 Å². The predicted octanol–water partition coefficient (Wildman–Crippen LogP) is 4.25. The van der Waals surface area contributed by atoms with Gasteiger partial charge in [0.25, 0.3) is 0 Å². The van der Waals surface area contributed by atoms with Crippen LogP contribution in [0.25, 0.3) is 0 Å². The first-order valence-electron chi connectivity index (χ1n) is 6.03. The van der Waals surface area contributed by atoms with Crippen LogP contribution in [-0.2, 0) is 16.1 Å². The minimum Gasteiger partial charge on any atom is -0.482 e. The minimum absolute atomic E-state index is 0.138. The van der Waals surface area contributed by atoms with Gasteiger partial charge in [-0.3, -0.25) is 0 Å². The molecule has 0 saturated carbocycles. The van der Waals surface area contributed by atoms with E-state index in [9.17, 15) is 9.18 Å². The summed E-state index contributed by atoms with van der Waals surface area (Å²) in [5, 5.41) is 0.778. The Kier molecular flexibility index (Phi) is 5.42. The van der Waals surface area contributed by atoms with Crippen molar-refractivity contribution in [2.45, 2.75) is 6.61 Å². The molecule has 110 valence electrons. The average molecular weight is 329 g/mol. The molecule has 0 amide bonds. The van der Waals surface area contributed by atoms with E-state index in [0.717, 1.165) is 0 Å². The van der Waals surface area contributed by atoms with E-state index < -0.39 is 11.8 Å². The van der Waals surface area contributed by atoms with E-state index in [2.05, 4.69) is 0 Å². The fraction of sp³-hybridized carbons (Fsp3) is 0.133. The first-order valence-corrected chi connectivity index (χ1v) is 6.79. The van der Waals surface area contributed by atoms with Crippen molar-refractivity contribution in [1.29, 1.82) is 0 Å². The second kappa shape index (κ2) is 7.29. The topological polar surface area (TPSA) is 35.5 Å². The normalized spacial score (nSPS) is 10.2. The van der Waals surface area contributed by atoms with Crippen molar-refractivity contribution < 1.29 is 18.7 Å². The molecule has 0 aliphatic rings. The number of halogens is 3. The predicted molar refractivity (Wildman–Crippen MR) is 78.2 cm³/mol. The summed E-state index contributed by atoms with van der Waals surface area (Å²) in [4.78, 5) is 11.5. The fourth-order valence-electron chi connectivity index (χ4n) is 1.54. The molecular formula is C15H11Cl2FO3. The molecule has 0 aliphatic heterocycles. The molecule has 0 spiro atoms. The van der Waals surface area contributed by atoms with Crippen molar-refractivity contribution in [3.63, 3.8) is 0 Å². The first-order chi connectivity index (χ1) is 10.1. The number of hydrogen-bond donors (Lipinski definition) is 0. The first kappa shape index (κ1) is 15.6. The van der Waals surface area contributed by atoms with E-state index in [0.29, 0.717) is 10.8 Å². The third-order valence-electron chi connectivity index (χ3n) is 2.61. The van der Waals surface area contributed by atoms with Gasteiger partial charge in [-0.1, -0.05) is 29.3 Å². The van der Waals surface area contributed by atoms with Crippen LogP contribution in [0.3, 0.4) is 0 Å². The van der Waals surface area contributed by atoms with Crippen LogP contribution in [0.15, 0.2) is 42.5 Å². The maximum absolute atomic E-state index is 13.5. The van der Waals surface area contributed by atoms with Gasteiger partial charge in [-0.15, -0.1) is 0 Å². The van der Waals surface area contributed by atoms with E-state index in [1.54, 1.807) is 24.3 Å². The molecule has 2 rings (SSSR count). The number of hydrogen-bond acceptors (Lipinski definition) is 3. The molecule has 0 fully saturated rings. The molecule has 2 aromatic rings. The van der Waals surface area contributed by atoms with Crippen molar-refractivity contribution in [2.75, 3.05) is 6.61 Å². The smallest absolute Gasteiger partial charge is 0.344 e. The summed E-state index contributed by atoms with van der Waals surface area (Å²) in [6.45, 7) is -0.526. The van der Waals surface area contributed by atoms with Crippen molar-refractivity contribution >= 4 is 29.2 Å². The summed E-state index contributed by atoms with van der Waals surface area (Å²) in [7, 11) is 0. The SMILES string of the molecule is O=C(COc1ccc(Cl)cc1)OCc1c(F)cccc1Cl. The molecule has 0 saturated heterocycles. The van der Waals surface area contributed by atoms with Crippen LogP contribution in [0.4, 0.5) is 4.39 Å². The highest BCUT2D eigenvalue weighted by Crippen LogP contribution is 2.20. The second-order valence-corrected chi connectivity index (χ2v) is 4.95. The van der Waals surface area contributed by atoms with Gasteiger partial charge in [-0.05, 0) is 36.4 Å². The Morgan fingerprint density at radius 2 is 1.81 bits per heavy atom.